The average Bonchev–Trinajstić information content (AvgIpc) is 2.35. The van der Waals surface area contributed by atoms with Crippen molar-refractivity contribution >= 4 is 11.6 Å². The molecule has 1 aromatic rings. The summed E-state index contributed by atoms with van der Waals surface area (Å²) in [4.78, 5) is 23.0. The molecule has 1 aromatic carbocycles. The lowest BCUT2D eigenvalue weighted by molar-refractivity contribution is -0.385. The average molecular weight is 251 g/mol. The molecule has 94 valence electrons. The fraction of sp³-hybridized carbons (Fsp3) is 0.273. The van der Waals surface area contributed by atoms with Crippen LogP contribution in [0.1, 0.15) is 17.3 Å². The Bertz CT molecular complexity index is 525. The Labute approximate surface area is 102 Å². The first-order valence-corrected chi connectivity index (χ1v) is 5.11. The summed E-state index contributed by atoms with van der Waals surface area (Å²) in [6.45, 7) is 1.70. The molecule has 0 fully saturated rings. The number of amides is 1. The van der Waals surface area contributed by atoms with Gasteiger partial charge in [-0.25, -0.2) is 4.39 Å². The third-order valence-electron chi connectivity index (χ3n) is 2.32. The monoisotopic (exact) mass is 251 g/mol. The second kappa shape index (κ2) is 5.72. The number of hydrogen-bond acceptors (Lipinski definition) is 4. The molecule has 0 bridgehead atoms. The van der Waals surface area contributed by atoms with E-state index in [0.29, 0.717) is 6.07 Å². The summed E-state index contributed by atoms with van der Waals surface area (Å²) in [5.41, 5.74) is -0.824. The molecule has 0 aliphatic rings. The van der Waals surface area contributed by atoms with Crippen LogP contribution in [0.15, 0.2) is 18.2 Å². The lowest BCUT2D eigenvalue weighted by atomic mass is 10.1. The molecular formula is C11H10FN3O3. The Balaban J connectivity index is 3.20. The molecule has 0 aromatic heterocycles. The van der Waals surface area contributed by atoms with Crippen LogP contribution in [0.5, 0.6) is 0 Å². The smallest absolute Gasteiger partial charge is 0.285 e. The van der Waals surface area contributed by atoms with Gasteiger partial charge in [0, 0.05) is 6.54 Å². The van der Waals surface area contributed by atoms with E-state index in [4.69, 9.17) is 5.26 Å². The Hall–Kier alpha value is -2.49. The van der Waals surface area contributed by atoms with Crippen LogP contribution in [0.3, 0.4) is 0 Å². The first-order chi connectivity index (χ1) is 8.51. The second-order valence-electron chi connectivity index (χ2n) is 3.40. The molecule has 0 aliphatic heterocycles. The zero-order chi connectivity index (χ0) is 13.7. The Morgan fingerprint density at radius 3 is 2.78 bits per heavy atom. The molecule has 18 heavy (non-hydrogen) atoms. The van der Waals surface area contributed by atoms with Gasteiger partial charge in [0.25, 0.3) is 11.6 Å². The number of benzene rings is 1. The predicted molar refractivity (Wildman–Crippen MR) is 60.2 cm³/mol. The topological polar surface area (TPSA) is 87.2 Å². The van der Waals surface area contributed by atoms with Crippen LogP contribution in [-0.4, -0.2) is 28.8 Å². The van der Waals surface area contributed by atoms with Crippen molar-refractivity contribution in [3.8, 4) is 6.07 Å². The van der Waals surface area contributed by atoms with E-state index < -0.39 is 22.3 Å². The number of nitro groups is 1. The molecule has 0 saturated carbocycles. The van der Waals surface area contributed by atoms with Gasteiger partial charge in [-0.05, 0) is 19.1 Å². The highest BCUT2D eigenvalue weighted by molar-refractivity contribution is 5.98. The van der Waals surface area contributed by atoms with Crippen LogP contribution in [0.4, 0.5) is 10.1 Å². The molecule has 0 atom stereocenters. The summed E-state index contributed by atoms with van der Waals surface area (Å²) in [6, 6.07) is 4.50. The van der Waals surface area contributed by atoms with E-state index in [1.54, 1.807) is 13.0 Å². The van der Waals surface area contributed by atoms with Crippen molar-refractivity contribution < 1.29 is 14.1 Å². The summed E-state index contributed by atoms with van der Waals surface area (Å²) in [5.74, 6) is -1.45. The highest BCUT2D eigenvalue weighted by Gasteiger charge is 2.24. The van der Waals surface area contributed by atoms with E-state index in [2.05, 4.69) is 0 Å². The molecule has 1 amide bonds. The minimum atomic E-state index is -0.823. The van der Waals surface area contributed by atoms with Crippen LogP contribution in [0, 0.1) is 27.3 Å². The van der Waals surface area contributed by atoms with Gasteiger partial charge in [0.05, 0.1) is 17.1 Å². The fourth-order valence-corrected chi connectivity index (χ4v) is 1.42. The van der Waals surface area contributed by atoms with Crippen molar-refractivity contribution in [3.05, 3.63) is 39.7 Å². The van der Waals surface area contributed by atoms with Crippen molar-refractivity contribution in [1.82, 2.24) is 4.90 Å². The molecule has 0 spiro atoms. The number of nitro benzene ring substituents is 1. The molecule has 0 N–H and O–H groups in total. The Morgan fingerprint density at radius 1 is 1.61 bits per heavy atom. The highest BCUT2D eigenvalue weighted by atomic mass is 19.1. The van der Waals surface area contributed by atoms with Gasteiger partial charge in [-0.1, -0.05) is 0 Å². The van der Waals surface area contributed by atoms with Gasteiger partial charge in [-0.2, -0.15) is 5.26 Å². The van der Waals surface area contributed by atoms with Crippen molar-refractivity contribution in [1.29, 1.82) is 5.26 Å². The first kappa shape index (κ1) is 13.6. The summed E-state index contributed by atoms with van der Waals surface area (Å²) in [5, 5.41) is 19.3. The standard InChI is InChI=1S/C11H10FN3O3/c1-2-14(6-5-13)11(16)9-4-3-8(12)7-10(9)15(17)18/h3-4,7H,2,6H2,1H3. The maximum Gasteiger partial charge on any atom is 0.285 e. The largest absolute Gasteiger partial charge is 0.325 e. The van der Waals surface area contributed by atoms with Gasteiger partial charge in [0.2, 0.25) is 0 Å². The second-order valence-corrected chi connectivity index (χ2v) is 3.40. The summed E-state index contributed by atoms with van der Waals surface area (Å²) in [6.07, 6.45) is 0. The van der Waals surface area contributed by atoms with Gasteiger partial charge in [-0.15, -0.1) is 0 Å². The predicted octanol–water partition coefficient (Wildman–Crippen LogP) is 1.72. The van der Waals surface area contributed by atoms with Crippen LogP contribution in [0.25, 0.3) is 0 Å². The van der Waals surface area contributed by atoms with Crippen LogP contribution >= 0.6 is 0 Å². The third kappa shape index (κ3) is 2.79. The number of hydrogen-bond donors (Lipinski definition) is 0. The number of halogens is 1. The van der Waals surface area contributed by atoms with Gasteiger partial charge in [-0.3, -0.25) is 14.9 Å². The number of carbonyl (C=O) groups is 1. The summed E-state index contributed by atoms with van der Waals surface area (Å²) >= 11 is 0. The third-order valence-corrected chi connectivity index (χ3v) is 2.32. The molecule has 0 heterocycles. The fourth-order valence-electron chi connectivity index (χ4n) is 1.42. The highest BCUT2D eigenvalue weighted by Crippen LogP contribution is 2.21. The maximum atomic E-state index is 12.9. The maximum absolute atomic E-state index is 12.9. The number of rotatable bonds is 4. The molecule has 6 nitrogen and oxygen atoms in total. The SMILES string of the molecule is CCN(CC#N)C(=O)c1ccc(F)cc1[N+](=O)[O-]. The number of nitrogens with zero attached hydrogens (tertiary/aromatic N) is 3. The van der Waals surface area contributed by atoms with Crippen molar-refractivity contribution in [2.75, 3.05) is 13.1 Å². The van der Waals surface area contributed by atoms with Crippen LogP contribution in [0.2, 0.25) is 0 Å². The lowest BCUT2D eigenvalue weighted by Crippen LogP contribution is -2.31. The van der Waals surface area contributed by atoms with E-state index >= 15 is 0 Å². The summed E-state index contributed by atoms with van der Waals surface area (Å²) in [7, 11) is 0. The van der Waals surface area contributed by atoms with Crippen LogP contribution < -0.4 is 0 Å². The molecule has 0 radical (unpaired) electrons. The normalized spacial score (nSPS) is 9.61. The van der Waals surface area contributed by atoms with E-state index in [9.17, 15) is 19.3 Å². The molecule has 0 aliphatic carbocycles. The zero-order valence-electron chi connectivity index (χ0n) is 9.59. The van der Waals surface area contributed by atoms with E-state index in [-0.39, 0.29) is 18.7 Å². The molecule has 1 rings (SSSR count). The van der Waals surface area contributed by atoms with Crippen molar-refractivity contribution in [2.24, 2.45) is 0 Å². The van der Waals surface area contributed by atoms with Crippen LogP contribution in [-0.2, 0) is 0 Å². The molecule has 7 heteroatoms. The van der Waals surface area contributed by atoms with Gasteiger partial charge >= 0.3 is 0 Å². The van der Waals surface area contributed by atoms with E-state index in [1.165, 1.54) is 0 Å². The quantitative estimate of drug-likeness (QED) is 0.463. The molecule has 0 unspecified atom stereocenters. The number of nitriles is 1. The van der Waals surface area contributed by atoms with Crippen molar-refractivity contribution in [2.45, 2.75) is 6.92 Å². The zero-order valence-corrected chi connectivity index (χ0v) is 9.59. The van der Waals surface area contributed by atoms with E-state index in [1.807, 2.05) is 0 Å². The Kier molecular flexibility index (Phi) is 4.32. The lowest BCUT2D eigenvalue weighted by Gasteiger charge is -2.16. The summed E-state index contributed by atoms with van der Waals surface area (Å²) < 4.78 is 12.9. The van der Waals surface area contributed by atoms with Crippen molar-refractivity contribution in [3.63, 3.8) is 0 Å². The minimum Gasteiger partial charge on any atom is -0.325 e. The van der Waals surface area contributed by atoms with E-state index in [0.717, 1.165) is 17.0 Å². The van der Waals surface area contributed by atoms with Gasteiger partial charge < -0.3 is 4.90 Å². The number of carbonyl (C=O) groups excluding carboxylic acids is 1. The van der Waals surface area contributed by atoms with Gasteiger partial charge in [0.15, 0.2) is 0 Å². The Morgan fingerprint density at radius 2 is 2.28 bits per heavy atom. The molecule has 0 saturated heterocycles. The minimum absolute atomic E-state index is 0.177. The first-order valence-electron chi connectivity index (χ1n) is 5.11. The molecular weight excluding hydrogens is 241 g/mol. The van der Waals surface area contributed by atoms with Gasteiger partial charge in [0.1, 0.15) is 17.9 Å².